The van der Waals surface area contributed by atoms with Gasteiger partial charge in [-0.2, -0.15) is 0 Å². The average molecular weight is 250 g/mol. The Morgan fingerprint density at radius 1 is 1.38 bits per heavy atom. The number of amides is 2. The molecule has 16 heavy (non-hydrogen) atoms. The molecule has 1 heterocycles. The molecule has 0 aromatic rings. The maximum Gasteiger partial charge on any atom is 0.347 e. The maximum atomic E-state index is 11.0. The molecule has 0 unspecified atom stereocenters. The summed E-state index contributed by atoms with van der Waals surface area (Å²) in [7, 11) is -3.52. The first-order valence-corrected chi connectivity index (χ1v) is 6.20. The molecule has 0 spiro atoms. The molecule has 1 saturated heterocycles. The van der Waals surface area contributed by atoms with Crippen LogP contribution in [0.25, 0.3) is 0 Å². The van der Waals surface area contributed by atoms with Gasteiger partial charge in [-0.25, -0.2) is 17.9 Å². The molecule has 0 bridgehead atoms. The van der Waals surface area contributed by atoms with E-state index in [4.69, 9.17) is 0 Å². The van der Waals surface area contributed by atoms with Gasteiger partial charge in [0.25, 0.3) is 11.8 Å². The molecule has 0 aromatic carbocycles. The van der Waals surface area contributed by atoms with Gasteiger partial charge < -0.3 is 4.84 Å². The van der Waals surface area contributed by atoms with Crippen molar-refractivity contribution in [3.05, 3.63) is 0 Å². The Balaban J connectivity index is 2.46. The molecule has 1 aliphatic rings. The number of hydrogen-bond donors (Lipinski definition) is 1. The number of imide groups is 1. The van der Waals surface area contributed by atoms with Crippen LogP contribution in [0.3, 0.4) is 0 Å². The molecule has 9 heteroatoms. The maximum absolute atomic E-state index is 11.0. The number of nitrogens with zero attached hydrogens (tertiary/aromatic N) is 1. The summed E-state index contributed by atoms with van der Waals surface area (Å²) >= 11 is 0. The quantitative estimate of drug-likeness (QED) is 0.586. The number of hydrogen-bond acceptors (Lipinski definition) is 6. The van der Waals surface area contributed by atoms with Crippen LogP contribution < -0.4 is 4.72 Å². The smallest absolute Gasteiger partial charge is 0.329 e. The molecule has 0 aliphatic carbocycles. The standard InChI is InChI=1S/C7H10N2O6S/c1-16(13,14)8-4-7(12)15-9-5(10)2-3-6(9)11/h8H,2-4H2,1H3. The zero-order chi connectivity index (χ0) is 12.3. The van der Waals surface area contributed by atoms with Crippen molar-refractivity contribution in [2.45, 2.75) is 12.8 Å². The van der Waals surface area contributed by atoms with E-state index in [1.165, 1.54) is 0 Å². The van der Waals surface area contributed by atoms with Gasteiger partial charge in [-0.3, -0.25) is 9.59 Å². The highest BCUT2D eigenvalue weighted by atomic mass is 32.2. The molecular formula is C7H10N2O6S. The summed E-state index contributed by atoms with van der Waals surface area (Å²) in [4.78, 5) is 37.5. The van der Waals surface area contributed by atoms with Crippen molar-refractivity contribution in [3.8, 4) is 0 Å². The number of carbonyl (C=O) groups excluding carboxylic acids is 3. The first kappa shape index (κ1) is 12.6. The minimum Gasteiger partial charge on any atom is -0.329 e. The van der Waals surface area contributed by atoms with Gasteiger partial charge in [0, 0.05) is 12.8 Å². The summed E-state index contributed by atoms with van der Waals surface area (Å²) in [5.41, 5.74) is 0. The third-order valence-electron chi connectivity index (χ3n) is 1.68. The normalized spacial score (nSPS) is 16.7. The average Bonchev–Trinajstić information content (AvgIpc) is 2.45. The third-order valence-corrected chi connectivity index (χ3v) is 2.35. The minimum atomic E-state index is -3.52. The van der Waals surface area contributed by atoms with E-state index in [1.54, 1.807) is 0 Å². The molecule has 8 nitrogen and oxygen atoms in total. The van der Waals surface area contributed by atoms with E-state index in [9.17, 15) is 22.8 Å². The SMILES string of the molecule is CS(=O)(=O)NCC(=O)ON1C(=O)CCC1=O. The lowest BCUT2D eigenvalue weighted by Gasteiger charge is -2.12. The first-order chi connectivity index (χ1) is 7.29. The highest BCUT2D eigenvalue weighted by Crippen LogP contribution is 2.11. The van der Waals surface area contributed by atoms with Crippen molar-refractivity contribution >= 4 is 27.8 Å². The fraction of sp³-hybridized carbons (Fsp3) is 0.571. The number of rotatable bonds is 4. The van der Waals surface area contributed by atoms with Gasteiger partial charge in [0.1, 0.15) is 6.54 Å². The Labute approximate surface area is 91.5 Å². The van der Waals surface area contributed by atoms with Crippen LogP contribution in [0.4, 0.5) is 0 Å². The highest BCUT2D eigenvalue weighted by molar-refractivity contribution is 7.88. The van der Waals surface area contributed by atoms with Crippen LogP contribution in [0.1, 0.15) is 12.8 Å². The third kappa shape index (κ3) is 3.59. The van der Waals surface area contributed by atoms with Crippen molar-refractivity contribution in [2.24, 2.45) is 0 Å². The van der Waals surface area contributed by atoms with Crippen molar-refractivity contribution in [2.75, 3.05) is 12.8 Å². The molecule has 0 radical (unpaired) electrons. The van der Waals surface area contributed by atoms with Crippen LogP contribution in [0.15, 0.2) is 0 Å². The van der Waals surface area contributed by atoms with E-state index in [-0.39, 0.29) is 12.8 Å². The Hall–Kier alpha value is -1.48. The number of hydroxylamine groups is 2. The van der Waals surface area contributed by atoms with Gasteiger partial charge in [-0.1, -0.05) is 0 Å². The second-order valence-electron chi connectivity index (χ2n) is 3.14. The van der Waals surface area contributed by atoms with E-state index in [0.29, 0.717) is 5.06 Å². The summed E-state index contributed by atoms with van der Waals surface area (Å²) in [5, 5.41) is 0.353. The molecular weight excluding hydrogens is 240 g/mol. The molecule has 2 amide bonds. The van der Waals surface area contributed by atoms with Crippen LogP contribution in [0.5, 0.6) is 0 Å². The molecule has 1 N–H and O–H groups in total. The predicted molar refractivity (Wildman–Crippen MR) is 50.0 cm³/mol. The summed E-state index contributed by atoms with van der Waals surface area (Å²) in [5.74, 6) is -2.25. The van der Waals surface area contributed by atoms with Gasteiger partial charge in [-0.05, 0) is 0 Å². The van der Waals surface area contributed by atoms with E-state index >= 15 is 0 Å². The van der Waals surface area contributed by atoms with Gasteiger partial charge in [0.15, 0.2) is 0 Å². The summed E-state index contributed by atoms with van der Waals surface area (Å²) in [6.07, 6.45) is 0.851. The van der Waals surface area contributed by atoms with Crippen LogP contribution >= 0.6 is 0 Å². The van der Waals surface area contributed by atoms with Crippen LogP contribution in [0.2, 0.25) is 0 Å². The molecule has 1 fully saturated rings. The van der Waals surface area contributed by atoms with Crippen LogP contribution in [-0.4, -0.2) is 44.1 Å². The molecule has 1 rings (SSSR count). The van der Waals surface area contributed by atoms with E-state index in [1.807, 2.05) is 4.72 Å². The molecule has 0 aromatic heterocycles. The molecule has 0 atom stereocenters. The molecule has 0 saturated carbocycles. The predicted octanol–water partition coefficient (Wildman–Crippen LogP) is -1.86. The van der Waals surface area contributed by atoms with Gasteiger partial charge in [0.2, 0.25) is 10.0 Å². The highest BCUT2D eigenvalue weighted by Gasteiger charge is 2.32. The van der Waals surface area contributed by atoms with E-state index in [0.717, 1.165) is 6.26 Å². The minimum absolute atomic E-state index is 0.00832. The van der Waals surface area contributed by atoms with E-state index in [2.05, 4.69) is 4.84 Å². The lowest BCUT2D eigenvalue weighted by Crippen LogP contribution is -2.37. The number of sulfonamides is 1. The summed E-state index contributed by atoms with van der Waals surface area (Å²) in [6, 6.07) is 0. The Morgan fingerprint density at radius 2 is 1.88 bits per heavy atom. The van der Waals surface area contributed by atoms with Gasteiger partial charge in [0.05, 0.1) is 6.26 Å². The Bertz CT molecular complexity index is 412. The fourth-order valence-electron chi connectivity index (χ4n) is 0.982. The number of nitrogens with one attached hydrogen (secondary N) is 1. The fourth-order valence-corrected chi connectivity index (χ4v) is 1.36. The molecule has 1 aliphatic heterocycles. The van der Waals surface area contributed by atoms with E-state index < -0.39 is 34.4 Å². The number of carbonyl (C=O) groups is 3. The summed E-state index contributed by atoms with van der Waals surface area (Å²) < 4.78 is 23.1. The van der Waals surface area contributed by atoms with Crippen molar-refractivity contribution in [1.29, 1.82) is 0 Å². The van der Waals surface area contributed by atoms with Crippen LogP contribution in [-0.2, 0) is 29.2 Å². The summed E-state index contributed by atoms with van der Waals surface area (Å²) in [6.45, 7) is -0.629. The van der Waals surface area contributed by atoms with Crippen LogP contribution in [0, 0.1) is 0 Å². The first-order valence-electron chi connectivity index (χ1n) is 4.31. The van der Waals surface area contributed by atoms with Crippen molar-refractivity contribution in [1.82, 2.24) is 9.79 Å². The lowest BCUT2D eigenvalue weighted by atomic mass is 10.4. The lowest BCUT2D eigenvalue weighted by molar-refractivity contribution is -0.196. The van der Waals surface area contributed by atoms with Gasteiger partial charge in [-0.15, -0.1) is 5.06 Å². The Morgan fingerprint density at radius 3 is 2.31 bits per heavy atom. The van der Waals surface area contributed by atoms with Gasteiger partial charge >= 0.3 is 5.97 Å². The van der Waals surface area contributed by atoms with Crippen molar-refractivity contribution in [3.63, 3.8) is 0 Å². The second kappa shape index (κ2) is 4.58. The zero-order valence-corrected chi connectivity index (χ0v) is 9.24. The topological polar surface area (TPSA) is 110 Å². The largest absolute Gasteiger partial charge is 0.347 e. The molecule has 90 valence electrons. The second-order valence-corrected chi connectivity index (χ2v) is 4.97. The Kier molecular flexibility index (Phi) is 3.60. The monoisotopic (exact) mass is 250 g/mol. The van der Waals surface area contributed by atoms with Crippen molar-refractivity contribution < 1.29 is 27.6 Å². The zero-order valence-electron chi connectivity index (χ0n) is 8.43.